The van der Waals surface area contributed by atoms with E-state index in [1.165, 1.54) is 18.2 Å². The average Bonchev–Trinajstić information content (AvgIpc) is 2.75. The zero-order valence-corrected chi connectivity index (χ0v) is 19.9. The Kier molecular flexibility index (Phi) is 6.55. The highest BCUT2D eigenvalue weighted by Crippen LogP contribution is 2.36. The van der Waals surface area contributed by atoms with Crippen LogP contribution in [0.3, 0.4) is 0 Å². The summed E-state index contributed by atoms with van der Waals surface area (Å²) in [6.07, 6.45) is -5.14. The first kappa shape index (κ1) is 24.0. The van der Waals surface area contributed by atoms with Crippen LogP contribution in [0, 0.1) is 6.92 Å². The van der Waals surface area contributed by atoms with Crippen LogP contribution in [-0.2, 0) is 17.4 Å². The maximum absolute atomic E-state index is 13.3. The molecule has 4 aromatic rings. The largest absolute Gasteiger partial charge is 0.422 e. The molecule has 1 aromatic heterocycles. The highest BCUT2D eigenvalue weighted by Gasteiger charge is 2.33. The molecule has 0 spiro atoms. The number of amides is 1. The summed E-state index contributed by atoms with van der Waals surface area (Å²) in [5.41, 5.74) is -0.0749. The number of anilines is 1. The van der Waals surface area contributed by atoms with Crippen molar-refractivity contribution in [2.24, 2.45) is 0 Å². The van der Waals surface area contributed by atoms with Crippen molar-refractivity contribution in [3.63, 3.8) is 0 Å². The maximum Gasteiger partial charge on any atom is 0.418 e. The van der Waals surface area contributed by atoms with E-state index >= 15 is 0 Å². The van der Waals surface area contributed by atoms with Crippen molar-refractivity contribution in [2.75, 3.05) is 5.32 Å². The van der Waals surface area contributed by atoms with E-state index in [-0.39, 0.29) is 11.1 Å². The van der Waals surface area contributed by atoms with Gasteiger partial charge in [0.15, 0.2) is 0 Å². The Bertz CT molecular complexity index is 1480. The molecule has 4 nitrogen and oxygen atoms in total. The molecule has 0 atom stereocenters. The number of carbonyl (C=O) groups excluding carboxylic acids is 1. The quantitative estimate of drug-likeness (QED) is 0.270. The number of nitrogens with one attached hydrogen (secondary N) is 1. The van der Waals surface area contributed by atoms with Crippen molar-refractivity contribution < 1.29 is 22.4 Å². The molecule has 0 bridgehead atoms. The number of fused-ring (bicyclic) bond motifs is 1. The van der Waals surface area contributed by atoms with Crippen molar-refractivity contribution in [1.29, 1.82) is 0 Å². The van der Waals surface area contributed by atoms with Crippen LogP contribution in [0.15, 0.2) is 74.3 Å². The Morgan fingerprint density at radius 3 is 2.53 bits per heavy atom. The number of halogens is 5. The average molecular weight is 551 g/mol. The van der Waals surface area contributed by atoms with Crippen molar-refractivity contribution in [2.45, 2.75) is 19.5 Å². The fourth-order valence-electron chi connectivity index (χ4n) is 3.70. The monoisotopic (exact) mass is 549 g/mol. The lowest BCUT2D eigenvalue weighted by Gasteiger charge is -2.15. The standard InChI is InChI=1S/C25H16BrClF3NO3/c1-13-9-16-21(12-19(13)27)34-24(33)17(23(16)14-5-4-6-15(26)10-14)11-22(32)31-20-8-3-2-7-18(20)25(28,29)30/h2-10,12H,11H2,1H3,(H,31,32). The summed E-state index contributed by atoms with van der Waals surface area (Å²) < 4.78 is 46.2. The van der Waals surface area contributed by atoms with Crippen LogP contribution in [0.1, 0.15) is 16.7 Å². The molecular weight excluding hydrogens is 535 g/mol. The van der Waals surface area contributed by atoms with Crippen LogP contribution in [0.25, 0.3) is 22.1 Å². The topological polar surface area (TPSA) is 59.3 Å². The number of benzene rings is 3. The molecule has 4 rings (SSSR count). The summed E-state index contributed by atoms with van der Waals surface area (Å²) in [5, 5.41) is 3.24. The first-order valence-corrected chi connectivity index (χ1v) is 11.2. The molecule has 0 aliphatic heterocycles. The molecule has 1 amide bonds. The molecule has 1 N–H and O–H groups in total. The zero-order valence-electron chi connectivity index (χ0n) is 17.6. The van der Waals surface area contributed by atoms with Crippen LogP contribution in [0.4, 0.5) is 18.9 Å². The molecule has 3 aromatic carbocycles. The predicted molar refractivity (Wildman–Crippen MR) is 129 cm³/mol. The maximum atomic E-state index is 13.3. The second-order valence-electron chi connectivity index (χ2n) is 7.62. The summed E-state index contributed by atoms with van der Waals surface area (Å²) in [5.74, 6) is -0.787. The number of aryl methyl sites for hydroxylation is 1. The van der Waals surface area contributed by atoms with Gasteiger partial charge in [-0.15, -0.1) is 0 Å². The van der Waals surface area contributed by atoms with Crippen LogP contribution in [-0.4, -0.2) is 5.91 Å². The van der Waals surface area contributed by atoms with Crippen LogP contribution in [0.5, 0.6) is 0 Å². The molecule has 1 heterocycles. The van der Waals surface area contributed by atoms with E-state index in [4.69, 9.17) is 16.0 Å². The van der Waals surface area contributed by atoms with Gasteiger partial charge in [-0.25, -0.2) is 4.79 Å². The van der Waals surface area contributed by atoms with Gasteiger partial charge in [0, 0.05) is 26.5 Å². The molecule has 0 aliphatic rings. The van der Waals surface area contributed by atoms with Gasteiger partial charge in [-0.1, -0.05) is 51.8 Å². The molecule has 0 unspecified atom stereocenters. The van der Waals surface area contributed by atoms with Crippen LogP contribution >= 0.6 is 27.5 Å². The van der Waals surface area contributed by atoms with Gasteiger partial charge in [0.2, 0.25) is 5.91 Å². The number of carbonyl (C=O) groups is 1. The highest BCUT2D eigenvalue weighted by molar-refractivity contribution is 9.10. The summed E-state index contributed by atoms with van der Waals surface area (Å²) in [7, 11) is 0. The summed E-state index contributed by atoms with van der Waals surface area (Å²) in [6, 6.07) is 15.0. The summed E-state index contributed by atoms with van der Waals surface area (Å²) in [6.45, 7) is 1.79. The number of rotatable bonds is 4. The molecule has 0 radical (unpaired) electrons. The fraction of sp³-hybridized carbons (Fsp3) is 0.120. The van der Waals surface area contributed by atoms with Crippen molar-refractivity contribution >= 4 is 50.1 Å². The van der Waals surface area contributed by atoms with Crippen LogP contribution in [0.2, 0.25) is 5.02 Å². The smallest absolute Gasteiger partial charge is 0.418 e. The van der Waals surface area contributed by atoms with Gasteiger partial charge in [-0.05, 0) is 48.4 Å². The predicted octanol–water partition coefficient (Wildman–Crippen LogP) is 7.38. The molecular formula is C25H16BrClF3NO3. The molecule has 9 heteroatoms. The third kappa shape index (κ3) is 4.88. The second-order valence-corrected chi connectivity index (χ2v) is 8.94. The third-order valence-corrected chi connectivity index (χ3v) is 6.14. The Labute approximate surface area is 205 Å². The lowest BCUT2D eigenvalue weighted by Crippen LogP contribution is -2.22. The third-order valence-electron chi connectivity index (χ3n) is 5.24. The van der Waals surface area contributed by atoms with E-state index in [1.807, 2.05) is 0 Å². The van der Waals surface area contributed by atoms with Gasteiger partial charge in [0.05, 0.1) is 23.2 Å². The zero-order chi connectivity index (χ0) is 24.6. The molecule has 0 aliphatic carbocycles. The fourth-order valence-corrected chi connectivity index (χ4v) is 4.25. The minimum Gasteiger partial charge on any atom is -0.422 e. The Balaban J connectivity index is 1.84. The van der Waals surface area contributed by atoms with Gasteiger partial charge < -0.3 is 9.73 Å². The summed E-state index contributed by atoms with van der Waals surface area (Å²) >= 11 is 9.61. The number of alkyl halides is 3. The van der Waals surface area contributed by atoms with Crippen molar-refractivity contribution in [3.05, 3.63) is 97.3 Å². The van der Waals surface area contributed by atoms with Gasteiger partial charge in [0.1, 0.15) is 5.58 Å². The van der Waals surface area contributed by atoms with E-state index in [1.54, 1.807) is 37.3 Å². The van der Waals surface area contributed by atoms with E-state index in [0.29, 0.717) is 21.5 Å². The highest BCUT2D eigenvalue weighted by atomic mass is 79.9. The first-order chi connectivity index (χ1) is 16.0. The Morgan fingerprint density at radius 2 is 1.82 bits per heavy atom. The van der Waals surface area contributed by atoms with Gasteiger partial charge in [-0.2, -0.15) is 13.2 Å². The minimum absolute atomic E-state index is 0.0225. The Hall–Kier alpha value is -3.10. The van der Waals surface area contributed by atoms with Gasteiger partial charge in [-0.3, -0.25) is 4.79 Å². The number of hydrogen-bond acceptors (Lipinski definition) is 3. The van der Waals surface area contributed by atoms with Gasteiger partial charge in [0.25, 0.3) is 0 Å². The number of para-hydroxylation sites is 1. The minimum atomic E-state index is -4.65. The van der Waals surface area contributed by atoms with E-state index in [0.717, 1.165) is 22.2 Å². The van der Waals surface area contributed by atoms with E-state index in [9.17, 15) is 22.8 Å². The summed E-state index contributed by atoms with van der Waals surface area (Å²) in [4.78, 5) is 25.8. The lowest BCUT2D eigenvalue weighted by atomic mass is 9.94. The van der Waals surface area contributed by atoms with E-state index < -0.39 is 35.4 Å². The Morgan fingerprint density at radius 1 is 1.09 bits per heavy atom. The normalized spacial score (nSPS) is 11.6. The first-order valence-electron chi connectivity index (χ1n) is 10.0. The molecule has 0 saturated heterocycles. The van der Waals surface area contributed by atoms with Gasteiger partial charge >= 0.3 is 11.8 Å². The molecule has 34 heavy (non-hydrogen) atoms. The van der Waals surface area contributed by atoms with Crippen molar-refractivity contribution in [1.82, 2.24) is 0 Å². The van der Waals surface area contributed by atoms with Crippen LogP contribution < -0.4 is 10.9 Å². The van der Waals surface area contributed by atoms with Crippen molar-refractivity contribution in [3.8, 4) is 11.1 Å². The molecule has 0 saturated carbocycles. The molecule has 174 valence electrons. The SMILES string of the molecule is Cc1cc2c(-c3cccc(Br)c3)c(CC(=O)Nc3ccccc3C(F)(F)F)c(=O)oc2cc1Cl. The lowest BCUT2D eigenvalue weighted by molar-refractivity contribution is -0.137. The number of hydrogen-bond donors (Lipinski definition) is 1. The van der Waals surface area contributed by atoms with E-state index in [2.05, 4.69) is 21.2 Å². The second kappa shape index (κ2) is 9.27. The molecule has 0 fully saturated rings.